The molecule has 0 fully saturated rings. The van der Waals surface area contributed by atoms with Gasteiger partial charge in [0.1, 0.15) is 0 Å². The second-order valence-corrected chi connectivity index (χ2v) is 7.81. The zero-order valence-corrected chi connectivity index (χ0v) is 15.4. The van der Waals surface area contributed by atoms with E-state index in [4.69, 9.17) is 0 Å². The first-order valence-electron chi connectivity index (χ1n) is 8.29. The zero-order valence-electron chi connectivity index (χ0n) is 14.6. The molecule has 8 heteroatoms. The Kier molecular flexibility index (Phi) is 4.11. The molecule has 0 aliphatic carbocycles. The molecule has 3 aromatic carbocycles. The van der Waals surface area contributed by atoms with Crippen LogP contribution in [0.5, 0.6) is 5.75 Å². The van der Waals surface area contributed by atoms with Crippen molar-refractivity contribution in [1.82, 2.24) is 4.57 Å². The van der Waals surface area contributed by atoms with E-state index in [0.29, 0.717) is 5.56 Å². The van der Waals surface area contributed by atoms with Gasteiger partial charge in [0.2, 0.25) is 0 Å². The largest absolute Gasteiger partial charge is 0.534 e. The van der Waals surface area contributed by atoms with Gasteiger partial charge in [0.25, 0.3) is 0 Å². The Bertz CT molecular complexity index is 1250. The van der Waals surface area contributed by atoms with Crippen LogP contribution in [0.15, 0.2) is 66.7 Å². The Hall–Kier alpha value is -3.00. The minimum Gasteiger partial charge on any atom is -0.374 e. The Labute approximate surface area is 158 Å². The van der Waals surface area contributed by atoms with E-state index in [1.165, 1.54) is 12.1 Å². The molecular weight excluding hydrogens is 391 g/mol. The molecule has 0 aliphatic heterocycles. The molecule has 0 bridgehead atoms. The lowest BCUT2D eigenvalue weighted by Gasteiger charge is -2.17. The fraction of sp³-hybridized carbons (Fsp3) is 0.100. The van der Waals surface area contributed by atoms with Gasteiger partial charge in [-0.25, -0.2) is 0 Å². The van der Waals surface area contributed by atoms with Gasteiger partial charge in [0, 0.05) is 10.8 Å². The number of aromatic nitrogens is 1. The van der Waals surface area contributed by atoms with Crippen LogP contribution in [0.25, 0.3) is 27.5 Å². The smallest absolute Gasteiger partial charge is 0.374 e. The van der Waals surface area contributed by atoms with Gasteiger partial charge in [-0.2, -0.15) is 21.6 Å². The molecule has 4 nitrogen and oxygen atoms in total. The lowest BCUT2D eigenvalue weighted by molar-refractivity contribution is -0.0500. The van der Waals surface area contributed by atoms with Crippen molar-refractivity contribution in [2.24, 2.45) is 0 Å². The van der Waals surface area contributed by atoms with Crippen LogP contribution in [-0.2, 0) is 10.1 Å². The van der Waals surface area contributed by atoms with Crippen LogP contribution in [0.3, 0.4) is 0 Å². The molecule has 0 unspecified atom stereocenters. The molecule has 0 spiro atoms. The quantitative estimate of drug-likeness (QED) is 0.342. The molecule has 0 N–H and O–H groups in total. The summed E-state index contributed by atoms with van der Waals surface area (Å²) < 4.78 is 68.1. The van der Waals surface area contributed by atoms with E-state index in [1.807, 2.05) is 48.5 Å². The van der Waals surface area contributed by atoms with Crippen LogP contribution in [0, 0.1) is 6.92 Å². The maximum absolute atomic E-state index is 12.9. The summed E-state index contributed by atoms with van der Waals surface area (Å²) in [6.45, 7) is 1.69. The molecule has 0 aliphatic rings. The molecule has 0 radical (unpaired) electrons. The fourth-order valence-corrected chi connectivity index (χ4v) is 3.78. The highest BCUT2D eigenvalue weighted by atomic mass is 32.2. The van der Waals surface area contributed by atoms with E-state index in [1.54, 1.807) is 17.6 Å². The van der Waals surface area contributed by atoms with Gasteiger partial charge in [-0.15, -0.1) is 0 Å². The van der Waals surface area contributed by atoms with E-state index in [2.05, 4.69) is 4.18 Å². The third-order valence-electron chi connectivity index (χ3n) is 4.49. The summed E-state index contributed by atoms with van der Waals surface area (Å²) >= 11 is 0. The highest BCUT2D eigenvalue weighted by Crippen LogP contribution is 2.38. The molecule has 0 saturated heterocycles. The maximum Gasteiger partial charge on any atom is 0.534 e. The van der Waals surface area contributed by atoms with Gasteiger partial charge in [0.05, 0.1) is 16.7 Å². The van der Waals surface area contributed by atoms with Crippen molar-refractivity contribution < 1.29 is 25.8 Å². The van der Waals surface area contributed by atoms with Crippen molar-refractivity contribution in [3.05, 3.63) is 72.3 Å². The van der Waals surface area contributed by atoms with Crippen molar-refractivity contribution in [1.29, 1.82) is 0 Å². The van der Waals surface area contributed by atoms with Crippen molar-refractivity contribution >= 4 is 31.9 Å². The lowest BCUT2D eigenvalue weighted by atomic mass is 10.1. The summed E-state index contributed by atoms with van der Waals surface area (Å²) in [5.41, 5.74) is -3.25. The minimum absolute atomic E-state index is 0.243. The van der Waals surface area contributed by atoms with Crippen molar-refractivity contribution in [3.8, 4) is 11.4 Å². The van der Waals surface area contributed by atoms with Gasteiger partial charge < -0.3 is 8.75 Å². The summed E-state index contributed by atoms with van der Waals surface area (Å²) in [6.07, 6.45) is 0. The van der Waals surface area contributed by atoms with E-state index in [-0.39, 0.29) is 11.4 Å². The highest BCUT2D eigenvalue weighted by molar-refractivity contribution is 7.88. The number of rotatable bonds is 3. The average Bonchev–Trinajstić information content (AvgIpc) is 2.95. The first kappa shape index (κ1) is 18.4. The topological polar surface area (TPSA) is 48.3 Å². The minimum atomic E-state index is -5.80. The van der Waals surface area contributed by atoms with Crippen LogP contribution in [0.2, 0.25) is 0 Å². The average molecular weight is 405 g/mol. The highest BCUT2D eigenvalue weighted by Gasteiger charge is 2.49. The third-order valence-corrected chi connectivity index (χ3v) is 5.45. The molecule has 1 aromatic heterocycles. The molecule has 28 heavy (non-hydrogen) atoms. The SMILES string of the molecule is Cc1cccc(OS(=O)(=O)C(F)(F)F)c1-n1c2ccccc2c2ccccc21. The molecule has 144 valence electrons. The summed E-state index contributed by atoms with van der Waals surface area (Å²) in [5, 5.41) is 1.79. The molecule has 0 atom stereocenters. The van der Waals surface area contributed by atoms with Crippen molar-refractivity contribution in [3.63, 3.8) is 0 Å². The van der Waals surface area contributed by atoms with Crippen molar-refractivity contribution in [2.75, 3.05) is 0 Å². The van der Waals surface area contributed by atoms with Gasteiger partial charge >= 0.3 is 15.6 Å². The lowest BCUT2D eigenvalue weighted by Crippen LogP contribution is -2.28. The second-order valence-electron chi connectivity index (χ2n) is 6.27. The number of aryl methyl sites for hydroxylation is 1. The normalized spacial score (nSPS) is 12.6. The standard InChI is InChI=1S/C20H14F3NO3S/c1-13-7-6-12-18(27-28(25,26)20(21,22)23)19(13)24-16-10-4-2-8-14(16)15-9-3-5-11-17(15)24/h2-12H,1H3. The van der Waals surface area contributed by atoms with Crippen LogP contribution in [0.4, 0.5) is 13.2 Å². The number of hydrogen-bond donors (Lipinski definition) is 0. The Balaban J connectivity index is 2.06. The van der Waals surface area contributed by atoms with E-state index in [0.717, 1.165) is 21.8 Å². The zero-order chi connectivity index (χ0) is 20.1. The summed E-state index contributed by atoms with van der Waals surface area (Å²) in [4.78, 5) is 0. The maximum atomic E-state index is 12.9. The molecular formula is C20H14F3NO3S. The molecule has 1 heterocycles. The summed E-state index contributed by atoms with van der Waals surface area (Å²) in [5.74, 6) is -0.385. The summed E-state index contributed by atoms with van der Waals surface area (Å²) in [6, 6.07) is 19.2. The number of hydrogen-bond acceptors (Lipinski definition) is 3. The van der Waals surface area contributed by atoms with Gasteiger partial charge in [-0.05, 0) is 30.7 Å². The van der Waals surface area contributed by atoms with Crippen LogP contribution >= 0.6 is 0 Å². The van der Waals surface area contributed by atoms with E-state index < -0.39 is 15.6 Å². The van der Waals surface area contributed by atoms with Gasteiger partial charge in [0.15, 0.2) is 5.75 Å². The monoisotopic (exact) mass is 405 g/mol. The van der Waals surface area contributed by atoms with Gasteiger partial charge in [-0.3, -0.25) is 0 Å². The number of benzene rings is 3. The van der Waals surface area contributed by atoms with E-state index >= 15 is 0 Å². The Morgan fingerprint density at radius 3 is 1.89 bits per heavy atom. The predicted octanol–water partition coefficient (Wildman–Crippen LogP) is 5.32. The van der Waals surface area contributed by atoms with Crippen molar-refractivity contribution in [2.45, 2.75) is 12.4 Å². The number of para-hydroxylation sites is 3. The molecule has 4 aromatic rings. The second kappa shape index (κ2) is 6.27. The Morgan fingerprint density at radius 1 is 0.821 bits per heavy atom. The van der Waals surface area contributed by atoms with Crippen LogP contribution < -0.4 is 4.18 Å². The number of fused-ring (bicyclic) bond motifs is 3. The molecule has 0 saturated carbocycles. The first-order valence-corrected chi connectivity index (χ1v) is 9.70. The summed E-state index contributed by atoms with van der Waals surface area (Å²) in [7, 11) is -5.80. The molecule has 4 rings (SSSR count). The van der Waals surface area contributed by atoms with E-state index in [9.17, 15) is 21.6 Å². The van der Waals surface area contributed by atoms with Crippen LogP contribution in [0.1, 0.15) is 5.56 Å². The molecule has 0 amide bonds. The van der Waals surface area contributed by atoms with Gasteiger partial charge in [-0.1, -0.05) is 48.5 Å². The number of nitrogens with zero attached hydrogens (tertiary/aromatic N) is 1. The van der Waals surface area contributed by atoms with Crippen LogP contribution in [-0.4, -0.2) is 18.5 Å². The number of alkyl halides is 3. The Morgan fingerprint density at radius 2 is 1.36 bits per heavy atom. The fourth-order valence-electron chi connectivity index (χ4n) is 3.31. The number of halogens is 3. The first-order chi connectivity index (χ1) is 13.2. The third kappa shape index (κ3) is 2.80. The predicted molar refractivity (Wildman–Crippen MR) is 101 cm³/mol.